The second-order valence-corrected chi connectivity index (χ2v) is 5.27. The van der Waals surface area contributed by atoms with E-state index in [0.29, 0.717) is 0 Å². The lowest BCUT2D eigenvalue weighted by molar-refractivity contribution is -0.0925. The highest BCUT2D eigenvalue weighted by atomic mass is 28.2. The fraction of sp³-hybridized carbons (Fsp3) is 1.00. The predicted octanol–water partition coefficient (Wildman–Crippen LogP) is 1.64. The van der Waals surface area contributed by atoms with Gasteiger partial charge in [-0.05, 0) is 31.6 Å². The zero-order valence-corrected chi connectivity index (χ0v) is 12.7. The molecule has 0 aromatic rings. The summed E-state index contributed by atoms with van der Waals surface area (Å²) < 4.78 is 5.87. The summed E-state index contributed by atoms with van der Waals surface area (Å²) in [6.45, 7) is 6.98. The third-order valence-corrected chi connectivity index (χ3v) is 5.77. The van der Waals surface area contributed by atoms with Gasteiger partial charge in [-0.3, -0.25) is 0 Å². The van der Waals surface area contributed by atoms with Crippen LogP contribution in [0, 0.1) is 11.3 Å². The molecule has 0 heterocycles. The van der Waals surface area contributed by atoms with Gasteiger partial charge in [-0.1, -0.05) is 27.2 Å². The Morgan fingerprint density at radius 3 is 2.27 bits per heavy atom. The predicted molar refractivity (Wildman–Crippen MR) is 66.9 cm³/mol. The van der Waals surface area contributed by atoms with Gasteiger partial charge in [0.2, 0.25) is 0 Å². The van der Waals surface area contributed by atoms with Crippen LogP contribution in [0.3, 0.4) is 0 Å². The van der Waals surface area contributed by atoms with Gasteiger partial charge >= 0.3 is 0 Å². The summed E-state index contributed by atoms with van der Waals surface area (Å²) in [7, 11) is 0.729. The van der Waals surface area contributed by atoms with Crippen molar-refractivity contribution in [1.82, 2.24) is 0 Å². The SMILES string of the molecule is CCC1CCC(CO)(O[SiH3])C1(CC)CC. The van der Waals surface area contributed by atoms with E-state index in [2.05, 4.69) is 20.8 Å². The van der Waals surface area contributed by atoms with E-state index in [1.807, 2.05) is 0 Å². The average Bonchev–Trinajstić information content (AvgIpc) is 2.63. The Balaban J connectivity index is 3.08. The van der Waals surface area contributed by atoms with Crippen LogP contribution in [0.1, 0.15) is 52.9 Å². The van der Waals surface area contributed by atoms with Crippen molar-refractivity contribution in [2.45, 2.75) is 58.5 Å². The lowest BCUT2D eigenvalue weighted by atomic mass is 9.65. The lowest BCUT2D eigenvalue weighted by Gasteiger charge is -2.47. The topological polar surface area (TPSA) is 29.5 Å². The molecule has 2 nitrogen and oxygen atoms in total. The maximum absolute atomic E-state index is 9.72. The molecule has 0 saturated heterocycles. The molecule has 15 heavy (non-hydrogen) atoms. The zero-order valence-electron chi connectivity index (χ0n) is 10.7. The number of hydrogen-bond donors (Lipinski definition) is 1. The molecule has 0 aromatic carbocycles. The molecule has 3 heteroatoms. The van der Waals surface area contributed by atoms with E-state index < -0.39 is 0 Å². The zero-order chi connectivity index (χ0) is 11.5. The van der Waals surface area contributed by atoms with Crippen LogP contribution in [0.4, 0.5) is 0 Å². The normalized spacial score (nSPS) is 34.8. The standard InChI is InChI=1S/C12H26O2Si/c1-4-10-7-8-12(9-13,14-15)11(10,5-2)6-3/h10,13H,4-9H2,1-3,15H3. The Morgan fingerprint density at radius 2 is 1.93 bits per heavy atom. The number of hydrogen-bond acceptors (Lipinski definition) is 2. The monoisotopic (exact) mass is 230 g/mol. The van der Waals surface area contributed by atoms with Gasteiger partial charge in [-0.2, -0.15) is 0 Å². The molecule has 2 unspecified atom stereocenters. The van der Waals surface area contributed by atoms with Crippen molar-refractivity contribution in [3.8, 4) is 0 Å². The molecule has 90 valence electrons. The molecule has 2 atom stereocenters. The van der Waals surface area contributed by atoms with Crippen molar-refractivity contribution >= 4 is 10.5 Å². The maximum atomic E-state index is 9.72. The van der Waals surface area contributed by atoms with Crippen LogP contribution in [0.15, 0.2) is 0 Å². The second kappa shape index (κ2) is 4.98. The van der Waals surface area contributed by atoms with E-state index in [1.165, 1.54) is 12.8 Å². The minimum absolute atomic E-state index is 0.203. The van der Waals surface area contributed by atoms with Crippen LogP contribution in [-0.2, 0) is 4.43 Å². The molecule has 0 aromatic heterocycles. The summed E-state index contributed by atoms with van der Waals surface area (Å²) in [6, 6.07) is 0. The number of rotatable bonds is 5. The van der Waals surface area contributed by atoms with Crippen LogP contribution < -0.4 is 0 Å². The van der Waals surface area contributed by atoms with Crippen LogP contribution in [0.2, 0.25) is 0 Å². The lowest BCUT2D eigenvalue weighted by Crippen LogP contribution is -2.51. The molecule has 1 saturated carbocycles. The van der Waals surface area contributed by atoms with E-state index >= 15 is 0 Å². The van der Waals surface area contributed by atoms with Crippen LogP contribution in [0.5, 0.6) is 0 Å². The van der Waals surface area contributed by atoms with Crippen LogP contribution in [-0.4, -0.2) is 27.8 Å². The Bertz CT molecular complexity index is 198. The van der Waals surface area contributed by atoms with Crippen LogP contribution >= 0.6 is 0 Å². The molecule has 0 amide bonds. The Labute approximate surface area is 96.9 Å². The minimum atomic E-state index is -0.219. The Hall–Kier alpha value is 0.137. The minimum Gasteiger partial charge on any atom is -0.420 e. The van der Waals surface area contributed by atoms with Gasteiger partial charge in [0, 0.05) is 5.41 Å². The highest BCUT2D eigenvalue weighted by Crippen LogP contribution is 2.57. The molecule has 0 aliphatic heterocycles. The van der Waals surface area contributed by atoms with E-state index in [1.54, 1.807) is 0 Å². The summed E-state index contributed by atoms with van der Waals surface area (Å²) >= 11 is 0. The molecular weight excluding hydrogens is 204 g/mol. The Kier molecular flexibility index (Phi) is 4.38. The summed E-state index contributed by atoms with van der Waals surface area (Å²) in [5.41, 5.74) is 0.00164. The first-order valence-electron chi connectivity index (χ1n) is 6.32. The van der Waals surface area contributed by atoms with Crippen molar-refractivity contribution in [3.63, 3.8) is 0 Å². The third-order valence-electron chi connectivity index (χ3n) is 4.99. The summed E-state index contributed by atoms with van der Waals surface area (Å²) in [4.78, 5) is 0. The van der Waals surface area contributed by atoms with E-state index in [0.717, 1.165) is 35.7 Å². The fourth-order valence-electron chi connectivity index (χ4n) is 3.98. The van der Waals surface area contributed by atoms with Gasteiger partial charge in [-0.15, -0.1) is 0 Å². The van der Waals surface area contributed by atoms with E-state index in [-0.39, 0.29) is 17.6 Å². The molecule has 1 aliphatic carbocycles. The highest BCUT2D eigenvalue weighted by molar-refractivity contribution is 5.98. The van der Waals surface area contributed by atoms with Gasteiger partial charge in [0.05, 0.1) is 12.2 Å². The molecule has 0 radical (unpaired) electrons. The molecule has 0 spiro atoms. The van der Waals surface area contributed by atoms with Gasteiger partial charge in [0.25, 0.3) is 0 Å². The van der Waals surface area contributed by atoms with Crippen molar-refractivity contribution in [2.24, 2.45) is 11.3 Å². The first kappa shape index (κ1) is 13.2. The fourth-order valence-corrected chi connectivity index (χ4v) is 4.72. The smallest absolute Gasteiger partial charge is 0.146 e. The van der Waals surface area contributed by atoms with Crippen molar-refractivity contribution in [3.05, 3.63) is 0 Å². The first-order chi connectivity index (χ1) is 7.16. The highest BCUT2D eigenvalue weighted by Gasteiger charge is 2.56. The quantitative estimate of drug-likeness (QED) is 0.728. The average molecular weight is 230 g/mol. The van der Waals surface area contributed by atoms with Crippen molar-refractivity contribution in [1.29, 1.82) is 0 Å². The van der Waals surface area contributed by atoms with Crippen molar-refractivity contribution < 1.29 is 9.53 Å². The Morgan fingerprint density at radius 1 is 1.33 bits per heavy atom. The molecular formula is C12H26O2Si. The second-order valence-electron chi connectivity index (χ2n) is 4.86. The van der Waals surface area contributed by atoms with Gasteiger partial charge < -0.3 is 9.53 Å². The summed E-state index contributed by atoms with van der Waals surface area (Å²) in [5, 5.41) is 9.72. The molecule has 0 bridgehead atoms. The molecule has 1 aliphatic rings. The van der Waals surface area contributed by atoms with Gasteiger partial charge in [0.15, 0.2) is 0 Å². The molecule has 1 N–H and O–H groups in total. The van der Waals surface area contributed by atoms with Crippen LogP contribution in [0.25, 0.3) is 0 Å². The maximum Gasteiger partial charge on any atom is 0.146 e. The molecule has 1 rings (SSSR count). The van der Waals surface area contributed by atoms with Crippen molar-refractivity contribution in [2.75, 3.05) is 6.61 Å². The first-order valence-corrected chi connectivity index (χ1v) is 7.14. The van der Waals surface area contributed by atoms with Gasteiger partial charge in [0.1, 0.15) is 10.5 Å². The summed E-state index contributed by atoms with van der Waals surface area (Å²) in [6.07, 6.45) is 5.75. The van der Waals surface area contributed by atoms with Gasteiger partial charge in [-0.25, -0.2) is 0 Å². The number of aliphatic hydroxyl groups is 1. The molecule has 1 fully saturated rings. The van der Waals surface area contributed by atoms with E-state index in [9.17, 15) is 5.11 Å². The largest absolute Gasteiger partial charge is 0.420 e. The van der Waals surface area contributed by atoms with E-state index in [4.69, 9.17) is 4.43 Å². The third kappa shape index (κ3) is 1.69. The number of aliphatic hydroxyl groups excluding tert-OH is 1. The summed E-state index contributed by atoms with van der Waals surface area (Å²) in [5.74, 6) is 0.730.